The molecule has 2 aromatic rings. The second kappa shape index (κ2) is 8.81. The van der Waals surface area contributed by atoms with Gasteiger partial charge in [0.1, 0.15) is 0 Å². The van der Waals surface area contributed by atoms with Crippen molar-refractivity contribution in [3.05, 3.63) is 54.4 Å². The van der Waals surface area contributed by atoms with Crippen molar-refractivity contribution in [2.24, 2.45) is 0 Å². The maximum atomic E-state index is 13.1. The van der Waals surface area contributed by atoms with E-state index in [1.807, 2.05) is 27.9 Å². The van der Waals surface area contributed by atoms with Crippen LogP contribution in [-0.2, 0) is 17.9 Å². The molecule has 2 heterocycles. The highest BCUT2D eigenvalue weighted by atomic mass is 16.2. The molecule has 0 spiro atoms. The molecule has 0 unspecified atom stereocenters. The number of likely N-dealkylation sites (tertiary alicyclic amines) is 1. The summed E-state index contributed by atoms with van der Waals surface area (Å²) in [4.78, 5) is 17.5. The van der Waals surface area contributed by atoms with Crippen LogP contribution in [0.25, 0.3) is 0 Å². The minimum atomic E-state index is 0.00604. The highest BCUT2D eigenvalue weighted by Gasteiger charge is 2.31. The molecule has 1 aromatic heterocycles. The Balaban J connectivity index is 1.64. The zero-order valence-corrected chi connectivity index (χ0v) is 15.1. The lowest BCUT2D eigenvalue weighted by Crippen LogP contribution is -2.51. The first kappa shape index (κ1) is 17.7. The minimum absolute atomic E-state index is 0.00604. The number of hydrogen-bond acceptors (Lipinski definition) is 3. The Hall–Kier alpha value is -2.14. The quantitative estimate of drug-likeness (QED) is 0.778. The van der Waals surface area contributed by atoms with Gasteiger partial charge in [-0.1, -0.05) is 36.8 Å². The zero-order valence-electron chi connectivity index (χ0n) is 15.1. The molecule has 25 heavy (non-hydrogen) atoms. The van der Waals surface area contributed by atoms with E-state index in [0.29, 0.717) is 6.54 Å². The average molecular weight is 340 g/mol. The smallest absolute Gasteiger partial charge is 0.239 e. The molecule has 134 valence electrons. The third-order valence-electron chi connectivity index (χ3n) is 4.98. The van der Waals surface area contributed by atoms with E-state index in [-0.39, 0.29) is 11.9 Å². The lowest BCUT2D eigenvalue weighted by atomic mass is 9.99. The predicted octanol–water partition coefficient (Wildman–Crippen LogP) is 2.79. The van der Waals surface area contributed by atoms with E-state index in [9.17, 15) is 4.79 Å². The topological polar surface area (TPSA) is 41.4 Å². The van der Waals surface area contributed by atoms with Crippen LogP contribution < -0.4 is 0 Å². The van der Waals surface area contributed by atoms with Crippen molar-refractivity contribution >= 4 is 5.91 Å². The normalized spacial score (nSPS) is 18.2. The molecule has 1 aliphatic heterocycles. The Morgan fingerprint density at radius 2 is 2.08 bits per heavy atom. The van der Waals surface area contributed by atoms with E-state index in [1.54, 1.807) is 6.20 Å². The van der Waals surface area contributed by atoms with Gasteiger partial charge >= 0.3 is 0 Å². The summed E-state index contributed by atoms with van der Waals surface area (Å²) in [5, 5.41) is 4.23. The Morgan fingerprint density at radius 3 is 2.80 bits per heavy atom. The predicted molar refractivity (Wildman–Crippen MR) is 99.0 cm³/mol. The summed E-state index contributed by atoms with van der Waals surface area (Å²) in [7, 11) is 0. The van der Waals surface area contributed by atoms with Gasteiger partial charge in [-0.05, 0) is 37.9 Å². The second-order valence-electron chi connectivity index (χ2n) is 6.65. The van der Waals surface area contributed by atoms with Crippen molar-refractivity contribution in [1.29, 1.82) is 0 Å². The molecule has 0 saturated carbocycles. The molecule has 1 aromatic carbocycles. The highest BCUT2D eigenvalue weighted by molar-refractivity contribution is 5.82. The molecule has 1 atom stereocenters. The monoisotopic (exact) mass is 340 g/mol. The van der Waals surface area contributed by atoms with Crippen molar-refractivity contribution in [2.45, 2.75) is 45.3 Å². The number of likely N-dealkylation sites (N-methyl/N-ethyl adjacent to an activating group) is 1. The molecule has 3 rings (SSSR count). The molecule has 0 aliphatic carbocycles. The van der Waals surface area contributed by atoms with Crippen molar-refractivity contribution in [3.8, 4) is 0 Å². The molecule has 1 amide bonds. The van der Waals surface area contributed by atoms with E-state index in [2.05, 4.69) is 41.2 Å². The fourth-order valence-electron chi connectivity index (χ4n) is 3.57. The molecule has 1 aliphatic rings. The fourth-order valence-corrected chi connectivity index (χ4v) is 3.57. The lowest BCUT2D eigenvalue weighted by Gasteiger charge is -2.37. The van der Waals surface area contributed by atoms with Crippen LogP contribution in [0, 0.1) is 0 Å². The van der Waals surface area contributed by atoms with Gasteiger partial charge in [-0.2, -0.15) is 5.10 Å². The summed E-state index contributed by atoms with van der Waals surface area (Å²) >= 11 is 0. The largest absolute Gasteiger partial charge is 0.340 e. The van der Waals surface area contributed by atoms with Crippen LogP contribution in [0.1, 0.15) is 31.7 Å². The molecule has 5 nitrogen and oxygen atoms in total. The van der Waals surface area contributed by atoms with Gasteiger partial charge in [0.2, 0.25) is 5.91 Å². The summed E-state index contributed by atoms with van der Waals surface area (Å²) in [5.41, 5.74) is 1.28. The number of carbonyl (C=O) groups is 1. The van der Waals surface area contributed by atoms with Gasteiger partial charge in [0.05, 0.1) is 12.6 Å². The second-order valence-corrected chi connectivity index (χ2v) is 6.65. The van der Waals surface area contributed by atoms with Gasteiger partial charge in [0.25, 0.3) is 0 Å². The number of benzene rings is 1. The van der Waals surface area contributed by atoms with Crippen molar-refractivity contribution < 1.29 is 4.79 Å². The van der Waals surface area contributed by atoms with Crippen molar-refractivity contribution in [2.75, 3.05) is 19.6 Å². The van der Waals surface area contributed by atoms with Crippen molar-refractivity contribution in [3.63, 3.8) is 0 Å². The molecule has 0 radical (unpaired) electrons. The number of nitrogens with zero attached hydrogens (tertiary/aromatic N) is 4. The summed E-state index contributed by atoms with van der Waals surface area (Å²) < 4.78 is 1.89. The Kier molecular flexibility index (Phi) is 6.23. The zero-order chi connectivity index (χ0) is 17.5. The van der Waals surface area contributed by atoms with Crippen LogP contribution in [-0.4, -0.2) is 51.2 Å². The molecule has 0 N–H and O–H groups in total. The third kappa shape index (κ3) is 4.69. The van der Waals surface area contributed by atoms with E-state index < -0.39 is 0 Å². The Labute approximate surface area is 150 Å². The van der Waals surface area contributed by atoms with E-state index in [4.69, 9.17) is 0 Å². The van der Waals surface area contributed by atoms with E-state index >= 15 is 0 Å². The number of carbonyl (C=O) groups excluding carboxylic acids is 1. The van der Waals surface area contributed by atoms with E-state index in [1.165, 1.54) is 12.0 Å². The molecular formula is C20H28N4O. The van der Waals surface area contributed by atoms with Crippen LogP contribution in [0.2, 0.25) is 0 Å². The maximum Gasteiger partial charge on any atom is 0.239 e. The Bertz CT molecular complexity index is 641. The third-order valence-corrected chi connectivity index (χ3v) is 4.98. The fraction of sp³-hybridized carbons (Fsp3) is 0.500. The summed E-state index contributed by atoms with van der Waals surface area (Å²) in [6.45, 7) is 6.13. The highest BCUT2D eigenvalue weighted by Crippen LogP contribution is 2.21. The SMILES string of the molecule is CCN(CCn1cccn1)C(=O)[C@@H]1CCCCN1Cc1ccccc1. The number of hydrogen-bond donors (Lipinski definition) is 0. The van der Waals surface area contributed by atoms with Crippen LogP contribution >= 0.6 is 0 Å². The number of piperidine rings is 1. The van der Waals surface area contributed by atoms with Crippen LogP contribution in [0.5, 0.6) is 0 Å². The average Bonchev–Trinajstić information content (AvgIpc) is 3.17. The summed E-state index contributed by atoms with van der Waals surface area (Å²) in [5.74, 6) is 0.269. The molecule has 0 bridgehead atoms. The maximum absolute atomic E-state index is 13.1. The lowest BCUT2D eigenvalue weighted by molar-refractivity contribution is -0.138. The van der Waals surface area contributed by atoms with Gasteiger partial charge in [-0.15, -0.1) is 0 Å². The first-order valence-electron chi connectivity index (χ1n) is 9.32. The van der Waals surface area contributed by atoms with E-state index in [0.717, 1.165) is 39.0 Å². The molecular weight excluding hydrogens is 312 g/mol. The summed E-state index contributed by atoms with van der Waals surface area (Å²) in [6.07, 6.45) is 7.00. The van der Waals surface area contributed by atoms with Crippen LogP contribution in [0.15, 0.2) is 48.8 Å². The van der Waals surface area contributed by atoms with Gasteiger partial charge in [0.15, 0.2) is 0 Å². The van der Waals surface area contributed by atoms with Crippen LogP contribution in [0.3, 0.4) is 0 Å². The molecule has 5 heteroatoms. The standard InChI is InChI=1S/C20H28N4O/c1-2-22(15-16-24-14-8-12-21-24)20(25)19-11-6-7-13-23(19)17-18-9-4-3-5-10-18/h3-5,8-10,12,14,19H,2,6-7,11,13,15-17H2,1H3/t19-/m0/s1. The van der Waals surface area contributed by atoms with Crippen molar-refractivity contribution in [1.82, 2.24) is 19.6 Å². The number of amides is 1. The van der Waals surface area contributed by atoms with Gasteiger partial charge in [-0.3, -0.25) is 14.4 Å². The molecule has 1 saturated heterocycles. The molecule has 1 fully saturated rings. The minimum Gasteiger partial charge on any atom is -0.340 e. The van der Waals surface area contributed by atoms with Gasteiger partial charge in [0, 0.05) is 32.0 Å². The van der Waals surface area contributed by atoms with Crippen LogP contribution in [0.4, 0.5) is 0 Å². The first-order chi connectivity index (χ1) is 12.3. The van der Waals surface area contributed by atoms with Gasteiger partial charge in [-0.25, -0.2) is 0 Å². The Morgan fingerprint density at radius 1 is 1.24 bits per heavy atom. The number of aromatic nitrogens is 2. The van der Waals surface area contributed by atoms with Gasteiger partial charge < -0.3 is 4.90 Å². The number of rotatable bonds is 7. The summed E-state index contributed by atoms with van der Waals surface area (Å²) in [6, 6.07) is 12.4. The first-order valence-corrected chi connectivity index (χ1v) is 9.32.